The minimum Gasteiger partial charge on any atom is -0.490 e. The first-order chi connectivity index (χ1) is 17.2. The number of carbonyl (C=O) groups excluding carboxylic acids is 1. The number of ketones is 1. The second-order valence-corrected chi connectivity index (χ2v) is 7.72. The average molecular weight is 469 g/mol. The summed E-state index contributed by atoms with van der Waals surface area (Å²) in [4.78, 5) is 16.6. The number of aromatic nitrogens is 2. The van der Waals surface area contributed by atoms with E-state index in [4.69, 9.17) is 14.2 Å². The molecule has 1 aromatic heterocycles. The van der Waals surface area contributed by atoms with Crippen molar-refractivity contribution in [1.82, 2.24) is 9.55 Å². The third-order valence-electron chi connectivity index (χ3n) is 5.27. The second kappa shape index (κ2) is 11.7. The van der Waals surface area contributed by atoms with Crippen LogP contribution in [-0.2, 0) is 6.61 Å². The summed E-state index contributed by atoms with van der Waals surface area (Å²) in [5, 5.41) is 0. The summed E-state index contributed by atoms with van der Waals surface area (Å²) in [7, 11) is 0. The molecule has 0 radical (unpaired) electrons. The lowest BCUT2D eigenvalue weighted by molar-refractivity contribution is 0.104. The van der Waals surface area contributed by atoms with Crippen LogP contribution < -0.4 is 14.2 Å². The molecule has 0 saturated heterocycles. The van der Waals surface area contributed by atoms with Crippen molar-refractivity contribution in [2.24, 2.45) is 0 Å². The zero-order chi connectivity index (χ0) is 24.5. The molecule has 6 nitrogen and oxygen atoms in total. The number of nitrogens with zero attached hydrogens (tertiary/aromatic N) is 2. The molecule has 0 spiro atoms. The predicted octanol–water partition coefficient (Wildman–Crippen LogP) is 6.14. The Kier molecular flexibility index (Phi) is 7.96. The highest BCUT2D eigenvalue weighted by molar-refractivity contribution is 6.06. The molecule has 0 N–H and O–H groups in total. The summed E-state index contributed by atoms with van der Waals surface area (Å²) in [6.45, 7) is 5.46. The van der Waals surface area contributed by atoms with Crippen LogP contribution in [0.2, 0.25) is 0 Å². The maximum atomic E-state index is 12.5. The summed E-state index contributed by atoms with van der Waals surface area (Å²) in [5.74, 6) is 2.15. The standard InChI is InChI=1S/C29H28N2O4/c1-3-33-28-16-8-23(19-29(28)34-4-2)20-35-26-13-5-22(6-14-26)7-15-27(32)24-9-11-25(12-10-24)31-18-17-30-21-31/h5-19,21H,3-4,20H2,1-2H3/b15-7+. The Morgan fingerprint density at radius 1 is 0.886 bits per heavy atom. The zero-order valence-electron chi connectivity index (χ0n) is 19.9. The number of rotatable bonds is 11. The van der Waals surface area contributed by atoms with Crippen molar-refractivity contribution < 1.29 is 19.0 Å². The largest absolute Gasteiger partial charge is 0.490 e. The van der Waals surface area contributed by atoms with Gasteiger partial charge in [0.05, 0.1) is 19.5 Å². The zero-order valence-corrected chi connectivity index (χ0v) is 19.9. The van der Waals surface area contributed by atoms with Gasteiger partial charge in [0.25, 0.3) is 0 Å². The van der Waals surface area contributed by atoms with E-state index in [0.717, 1.165) is 34.1 Å². The molecule has 0 aliphatic rings. The van der Waals surface area contributed by atoms with Gasteiger partial charge in [-0.05, 0) is 79.6 Å². The Labute approximate surface area is 205 Å². The lowest BCUT2D eigenvalue weighted by atomic mass is 10.1. The average Bonchev–Trinajstić information content (AvgIpc) is 3.43. The molecule has 0 aliphatic carbocycles. The van der Waals surface area contributed by atoms with Crippen molar-refractivity contribution in [3.8, 4) is 22.9 Å². The normalized spacial score (nSPS) is 10.9. The monoisotopic (exact) mass is 468 g/mol. The van der Waals surface area contributed by atoms with Gasteiger partial charge in [0, 0.05) is 23.6 Å². The van der Waals surface area contributed by atoms with Gasteiger partial charge < -0.3 is 18.8 Å². The molecule has 0 amide bonds. The topological polar surface area (TPSA) is 62.6 Å². The third-order valence-corrected chi connectivity index (χ3v) is 5.27. The van der Waals surface area contributed by atoms with Gasteiger partial charge in [-0.3, -0.25) is 4.79 Å². The second-order valence-electron chi connectivity index (χ2n) is 7.72. The maximum Gasteiger partial charge on any atom is 0.185 e. The smallest absolute Gasteiger partial charge is 0.185 e. The summed E-state index contributed by atoms with van der Waals surface area (Å²) < 4.78 is 19.1. The van der Waals surface area contributed by atoms with E-state index in [1.54, 1.807) is 24.7 Å². The summed E-state index contributed by atoms with van der Waals surface area (Å²) in [5.41, 5.74) is 3.50. The SMILES string of the molecule is CCOc1ccc(COc2ccc(/C=C/C(=O)c3ccc(-n4ccnc4)cc3)cc2)cc1OCC. The summed E-state index contributed by atoms with van der Waals surface area (Å²) >= 11 is 0. The van der Waals surface area contributed by atoms with Gasteiger partial charge in [-0.15, -0.1) is 0 Å². The van der Waals surface area contributed by atoms with E-state index in [1.165, 1.54) is 0 Å². The highest BCUT2D eigenvalue weighted by Crippen LogP contribution is 2.29. The van der Waals surface area contributed by atoms with E-state index in [1.807, 2.05) is 91.3 Å². The van der Waals surface area contributed by atoms with Crippen LogP contribution in [0.25, 0.3) is 11.8 Å². The molecule has 1 heterocycles. The van der Waals surface area contributed by atoms with Gasteiger partial charge in [0.1, 0.15) is 12.4 Å². The summed E-state index contributed by atoms with van der Waals surface area (Å²) in [6, 6.07) is 20.9. The fraction of sp³-hybridized carbons (Fsp3) is 0.172. The van der Waals surface area contributed by atoms with Crippen molar-refractivity contribution in [2.75, 3.05) is 13.2 Å². The molecule has 3 aromatic carbocycles. The van der Waals surface area contributed by atoms with E-state index in [2.05, 4.69) is 4.98 Å². The highest BCUT2D eigenvalue weighted by atomic mass is 16.5. The molecular weight excluding hydrogens is 440 g/mol. The van der Waals surface area contributed by atoms with E-state index in [0.29, 0.717) is 25.4 Å². The quantitative estimate of drug-likeness (QED) is 0.195. The molecule has 0 saturated carbocycles. The Balaban J connectivity index is 1.33. The van der Waals surface area contributed by atoms with Crippen molar-refractivity contribution in [3.05, 3.63) is 108 Å². The Morgan fingerprint density at radius 2 is 1.63 bits per heavy atom. The molecule has 0 atom stereocenters. The van der Waals surface area contributed by atoms with Crippen molar-refractivity contribution in [2.45, 2.75) is 20.5 Å². The molecule has 0 aliphatic heterocycles. The van der Waals surface area contributed by atoms with E-state index in [-0.39, 0.29) is 5.78 Å². The van der Waals surface area contributed by atoms with Crippen LogP contribution in [0.1, 0.15) is 35.3 Å². The minimum atomic E-state index is -0.0527. The Bertz CT molecular complexity index is 1260. The van der Waals surface area contributed by atoms with Gasteiger partial charge in [-0.2, -0.15) is 0 Å². The molecule has 0 bridgehead atoms. The molecule has 4 rings (SSSR count). The van der Waals surface area contributed by atoms with Gasteiger partial charge in [0.15, 0.2) is 17.3 Å². The molecule has 35 heavy (non-hydrogen) atoms. The Hall–Kier alpha value is -4.32. The molecule has 0 fully saturated rings. The number of hydrogen-bond donors (Lipinski definition) is 0. The van der Waals surface area contributed by atoms with Gasteiger partial charge in [0.2, 0.25) is 0 Å². The molecule has 0 unspecified atom stereocenters. The van der Waals surface area contributed by atoms with Gasteiger partial charge in [-0.25, -0.2) is 4.98 Å². The van der Waals surface area contributed by atoms with Gasteiger partial charge >= 0.3 is 0 Å². The number of carbonyl (C=O) groups is 1. The fourth-order valence-corrected chi connectivity index (χ4v) is 3.50. The first kappa shape index (κ1) is 23.8. The number of benzene rings is 3. The number of hydrogen-bond acceptors (Lipinski definition) is 5. The molecule has 6 heteroatoms. The maximum absolute atomic E-state index is 12.5. The molecule has 4 aromatic rings. The van der Waals surface area contributed by atoms with Crippen LogP contribution in [0.4, 0.5) is 0 Å². The minimum absolute atomic E-state index is 0.0527. The van der Waals surface area contributed by atoms with E-state index >= 15 is 0 Å². The van der Waals surface area contributed by atoms with Gasteiger partial charge in [-0.1, -0.05) is 24.3 Å². The lowest BCUT2D eigenvalue weighted by Gasteiger charge is -2.13. The number of ether oxygens (including phenoxy) is 3. The Morgan fingerprint density at radius 3 is 2.31 bits per heavy atom. The fourth-order valence-electron chi connectivity index (χ4n) is 3.50. The van der Waals surface area contributed by atoms with Crippen LogP contribution in [0.5, 0.6) is 17.2 Å². The number of allylic oxidation sites excluding steroid dienone is 1. The van der Waals surface area contributed by atoms with Crippen LogP contribution in [0, 0.1) is 0 Å². The first-order valence-electron chi connectivity index (χ1n) is 11.6. The number of imidazole rings is 1. The summed E-state index contributed by atoms with van der Waals surface area (Å²) in [6.07, 6.45) is 8.69. The van der Waals surface area contributed by atoms with Crippen LogP contribution in [0.15, 0.2) is 91.5 Å². The van der Waals surface area contributed by atoms with Crippen molar-refractivity contribution in [3.63, 3.8) is 0 Å². The predicted molar refractivity (Wildman–Crippen MR) is 136 cm³/mol. The molecule has 178 valence electrons. The highest BCUT2D eigenvalue weighted by Gasteiger charge is 2.07. The van der Waals surface area contributed by atoms with Crippen LogP contribution in [-0.4, -0.2) is 28.5 Å². The first-order valence-corrected chi connectivity index (χ1v) is 11.6. The van der Waals surface area contributed by atoms with E-state index in [9.17, 15) is 4.79 Å². The van der Waals surface area contributed by atoms with E-state index < -0.39 is 0 Å². The van der Waals surface area contributed by atoms with Crippen LogP contribution >= 0.6 is 0 Å². The lowest BCUT2D eigenvalue weighted by Crippen LogP contribution is -2.01. The van der Waals surface area contributed by atoms with Crippen molar-refractivity contribution in [1.29, 1.82) is 0 Å². The molecular formula is C29H28N2O4. The van der Waals surface area contributed by atoms with Crippen molar-refractivity contribution >= 4 is 11.9 Å². The van der Waals surface area contributed by atoms with Crippen LogP contribution in [0.3, 0.4) is 0 Å². The third kappa shape index (κ3) is 6.38.